The van der Waals surface area contributed by atoms with E-state index in [4.69, 9.17) is 10.5 Å². The number of carbonyl (C=O) groups is 2. The molecule has 33 heavy (non-hydrogen) atoms. The highest BCUT2D eigenvalue weighted by atomic mass is 127. The van der Waals surface area contributed by atoms with Gasteiger partial charge in [-0.1, -0.05) is 39.0 Å². The molecule has 0 aliphatic carbocycles. The van der Waals surface area contributed by atoms with Crippen molar-refractivity contribution in [3.05, 3.63) is 92.1 Å². The average molecular weight is 563 g/mol. The summed E-state index contributed by atoms with van der Waals surface area (Å²) in [6, 6.07) is 13.7. The highest BCUT2D eigenvalue weighted by molar-refractivity contribution is 14.1. The van der Waals surface area contributed by atoms with E-state index in [1.807, 2.05) is 43.4 Å². The van der Waals surface area contributed by atoms with Crippen molar-refractivity contribution in [1.82, 2.24) is 0 Å². The number of carbonyl (C=O) groups excluding carboxylic acids is 2. The van der Waals surface area contributed by atoms with Gasteiger partial charge in [0.1, 0.15) is 28.9 Å². The second-order valence-electron chi connectivity index (χ2n) is 8.81. The summed E-state index contributed by atoms with van der Waals surface area (Å²) in [5.41, 5.74) is 6.34. The van der Waals surface area contributed by atoms with Crippen molar-refractivity contribution >= 4 is 34.3 Å². The van der Waals surface area contributed by atoms with Gasteiger partial charge < -0.3 is 10.5 Å². The van der Waals surface area contributed by atoms with Gasteiger partial charge in [0.15, 0.2) is 0 Å². The zero-order chi connectivity index (χ0) is 24.3. The molecule has 2 N–H and O–H groups in total. The summed E-state index contributed by atoms with van der Waals surface area (Å²) in [7, 11) is 0. The Hall–Kier alpha value is -2.81. The first kappa shape index (κ1) is 24.8. The van der Waals surface area contributed by atoms with E-state index in [0.717, 1.165) is 21.3 Å². The van der Waals surface area contributed by atoms with Crippen LogP contribution >= 0.6 is 22.6 Å². The van der Waals surface area contributed by atoms with Gasteiger partial charge in [-0.25, -0.2) is 8.78 Å². The Morgan fingerprint density at radius 2 is 1.73 bits per heavy atom. The van der Waals surface area contributed by atoms with E-state index < -0.39 is 23.0 Å². The van der Waals surface area contributed by atoms with E-state index in [-0.39, 0.29) is 35.5 Å². The molecule has 0 atom stereocenters. The fourth-order valence-corrected chi connectivity index (χ4v) is 3.76. The van der Waals surface area contributed by atoms with Crippen molar-refractivity contribution in [3.63, 3.8) is 0 Å². The van der Waals surface area contributed by atoms with E-state index in [9.17, 15) is 18.4 Å². The van der Waals surface area contributed by atoms with Crippen LogP contribution in [0.3, 0.4) is 0 Å². The summed E-state index contributed by atoms with van der Waals surface area (Å²) < 4.78 is 35.4. The van der Waals surface area contributed by atoms with E-state index in [0.29, 0.717) is 11.3 Å². The first-order chi connectivity index (χ1) is 15.4. The van der Waals surface area contributed by atoms with Gasteiger partial charge in [-0.3, -0.25) is 9.59 Å². The number of Topliss-reactive ketones (excluding diaryl/α,β-unsaturated/α-hetero) is 1. The van der Waals surface area contributed by atoms with E-state index in [2.05, 4.69) is 0 Å². The number of rotatable bonds is 7. The van der Waals surface area contributed by atoms with Gasteiger partial charge in [0.25, 0.3) is 5.91 Å². The van der Waals surface area contributed by atoms with Crippen molar-refractivity contribution in [3.8, 4) is 11.5 Å². The lowest BCUT2D eigenvalue weighted by molar-refractivity contribution is -0.125. The van der Waals surface area contributed by atoms with Crippen LogP contribution in [-0.4, -0.2) is 11.7 Å². The maximum Gasteiger partial charge on any atom is 0.252 e. The molecule has 3 aromatic carbocycles. The van der Waals surface area contributed by atoms with Crippen molar-refractivity contribution in [2.45, 2.75) is 33.6 Å². The molecule has 1 amide bonds. The molecule has 7 heteroatoms. The molecule has 0 fully saturated rings. The molecular weight excluding hydrogens is 539 g/mol. The number of hydrogen-bond acceptors (Lipinski definition) is 3. The van der Waals surface area contributed by atoms with Gasteiger partial charge in [0, 0.05) is 27.9 Å². The zero-order valence-electron chi connectivity index (χ0n) is 18.5. The predicted octanol–water partition coefficient (Wildman–Crippen LogP) is 6.21. The van der Waals surface area contributed by atoms with E-state index in [1.165, 1.54) is 6.07 Å². The molecule has 0 heterocycles. The lowest BCUT2D eigenvalue weighted by Crippen LogP contribution is -2.22. The third kappa shape index (κ3) is 6.37. The molecule has 0 saturated carbocycles. The smallest absolute Gasteiger partial charge is 0.252 e. The first-order valence-corrected chi connectivity index (χ1v) is 11.4. The van der Waals surface area contributed by atoms with Crippen molar-refractivity contribution in [1.29, 1.82) is 0 Å². The lowest BCUT2D eigenvalue weighted by Gasteiger charge is -2.17. The number of hydrogen-bond donors (Lipinski definition) is 1. The van der Waals surface area contributed by atoms with Gasteiger partial charge in [-0.2, -0.15) is 0 Å². The fraction of sp³-hybridized carbons (Fsp3) is 0.231. The highest BCUT2D eigenvalue weighted by Gasteiger charge is 2.22. The predicted molar refractivity (Wildman–Crippen MR) is 132 cm³/mol. The minimum absolute atomic E-state index is 0.0227. The molecule has 0 aliphatic rings. The largest absolute Gasteiger partial charge is 0.456 e. The number of ether oxygens (including phenoxy) is 1. The summed E-state index contributed by atoms with van der Waals surface area (Å²) in [4.78, 5) is 24.7. The van der Waals surface area contributed by atoms with Crippen molar-refractivity contribution in [2.75, 3.05) is 0 Å². The fourth-order valence-electron chi connectivity index (χ4n) is 3.30. The van der Waals surface area contributed by atoms with Gasteiger partial charge in [-0.05, 0) is 69.6 Å². The molecular formula is C26H24F2INO3. The number of ketones is 1. The molecule has 3 rings (SSSR count). The maximum absolute atomic E-state index is 14.5. The standard InChI is InChI=1S/C26H24F2INO3/c1-26(2,3)23(31)10-15-5-4-6-20(9-15)33-22-13-18(27)12-17(24(22)25(30)32)11-16-7-8-19(29)14-21(16)28/h4-9,12-14H,10-11H2,1-3H3,(H2,30,32). The van der Waals surface area contributed by atoms with Gasteiger partial charge >= 0.3 is 0 Å². The Kier molecular flexibility index (Phi) is 7.51. The number of primary amides is 1. The highest BCUT2D eigenvalue weighted by Crippen LogP contribution is 2.31. The van der Waals surface area contributed by atoms with Gasteiger partial charge in [0.05, 0.1) is 5.56 Å². The average Bonchev–Trinajstić information content (AvgIpc) is 2.69. The summed E-state index contributed by atoms with van der Waals surface area (Å²) >= 11 is 1.99. The molecule has 0 aliphatic heterocycles. The number of nitrogens with two attached hydrogens (primary N) is 1. The molecule has 4 nitrogen and oxygen atoms in total. The lowest BCUT2D eigenvalue weighted by atomic mass is 9.87. The molecule has 0 unspecified atom stereocenters. The number of benzene rings is 3. The third-order valence-corrected chi connectivity index (χ3v) is 5.79. The van der Waals surface area contributed by atoms with Crippen LogP contribution < -0.4 is 10.5 Å². The second kappa shape index (κ2) is 9.99. The topological polar surface area (TPSA) is 69.4 Å². The molecule has 172 valence electrons. The van der Waals surface area contributed by atoms with Crippen LogP contribution in [0, 0.1) is 20.6 Å². The summed E-state index contributed by atoms with van der Waals surface area (Å²) in [6.07, 6.45) is 0.180. The quantitative estimate of drug-likeness (QED) is 0.348. The van der Waals surface area contributed by atoms with Crippen LogP contribution in [-0.2, 0) is 17.6 Å². The Morgan fingerprint density at radius 1 is 1.00 bits per heavy atom. The molecule has 0 saturated heterocycles. The Labute approximate surface area is 205 Å². The maximum atomic E-state index is 14.5. The van der Waals surface area contributed by atoms with Crippen LogP contribution in [0.25, 0.3) is 0 Å². The second-order valence-corrected chi connectivity index (χ2v) is 10.1. The Morgan fingerprint density at radius 3 is 2.36 bits per heavy atom. The SMILES string of the molecule is CC(C)(C)C(=O)Cc1cccc(Oc2cc(F)cc(Cc3ccc(I)cc3F)c2C(N)=O)c1. The molecule has 0 radical (unpaired) electrons. The summed E-state index contributed by atoms with van der Waals surface area (Å²) in [5.74, 6) is -1.60. The van der Waals surface area contributed by atoms with Gasteiger partial charge in [-0.15, -0.1) is 0 Å². The minimum atomic E-state index is -0.815. The van der Waals surface area contributed by atoms with E-state index >= 15 is 0 Å². The van der Waals surface area contributed by atoms with Crippen molar-refractivity contribution in [2.24, 2.45) is 11.1 Å². The molecule has 3 aromatic rings. The van der Waals surface area contributed by atoms with Crippen molar-refractivity contribution < 1.29 is 23.1 Å². The van der Waals surface area contributed by atoms with Crippen LogP contribution in [0.15, 0.2) is 54.6 Å². The monoisotopic (exact) mass is 563 g/mol. The molecule has 0 bridgehead atoms. The third-order valence-electron chi connectivity index (χ3n) is 5.12. The number of amides is 1. The normalized spacial score (nSPS) is 11.3. The van der Waals surface area contributed by atoms with Crippen LogP contribution in [0.1, 0.15) is 47.8 Å². The Balaban J connectivity index is 1.96. The van der Waals surface area contributed by atoms with E-state index in [1.54, 1.807) is 36.4 Å². The molecule has 0 aromatic heterocycles. The summed E-state index contributed by atoms with van der Waals surface area (Å²) in [6.45, 7) is 5.54. The minimum Gasteiger partial charge on any atom is -0.456 e. The van der Waals surface area contributed by atoms with Crippen LogP contribution in [0.5, 0.6) is 11.5 Å². The first-order valence-electron chi connectivity index (χ1n) is 10.3. The summed E-state index contributed by atoms with van der Waals surface area (Å²) in [5, 5.41) is 0. The van der Waals surface area contributed by atoms with Gasteiger partial charge in [0.2, 0.25) is 0 Å². The molecule has 0 spiro atoms. The number of halogens is 3. The zero-order valence-corrected chi connectivity index (χ0v) is 20.7. The van der Waals surface area contributed by atoms with Crippen LogP contribution in [0.2, 0.25) is 0 Å². The van der Waals surface area contributed by atoms with Crippen LogP contribution in [0.4, 0.5) is 8.78 Å². The Bertz CT molecular complexity index is 1220.